The lowest BCUT2D eigenvalue weighted by Gasteiger charge is -2.47. The lowest BCUT2D eigenvalue weighted by Crippen LogP contribution is -2.51. The molecular weight excluding hydrogens is 353 g/mol. The molecule has 0 aromatic heterocycles. The number of hydrogen-bond acceptors (Lipinski definition) is 5. The second-order valence-electron chi connectivity index (χ2n) is 7.67. The Morgan fingerprint density at radius 2 is 2.07 bits per heavy atom. The minimum absolute atomic E-state index is 0.184. The predicted octanol–water partition coefficient (Wildman–Crippen LogP) is 1.90. The van der Waals surface area contributed by atoms with Crippen LogP contribution in [0.15, 0.2) is 18.2 Å². The van der Waals surface area contributed by atoms with Crippen molar-refractivity contribution in [2.75, 3.05) is 49.2 Å². The molecular formula is C19H24FN3O4. The Labute approximate surface area is 157 Å². The van der Waals surface area contributed by atoms with Crippen LogP contribution in [0.5, 0.6) is 0 Å². The highest BCUT2D eigenvalue weighted by molar-refractivity contribution is 5.90. The molecule has 0 radical (unpaired) electrons. The first-order chi connectivity index (χ1) is 13.0. The fraction of sp³-hybridized carbons (Fsp3) is 0.579. The molecule has 4 rings (SSSR count). The number of ether oxygens (including phenoxy) is 2. The quantitative estimate of drug-likeness (QED) is 0.868. The summed E-state index contributed by atoms with van der Waals surface area (Å²) in [6.07, 6.45) is 1.06. The summed E-state index contributed by atoms with van der Waals surface area (Å²) in [6, 6.07) is 4.86. The van der Waals surface area contributed by atoms with E-state index >= 15 is 0 Å². The van der Waals surface area contributed by atoms with Crippen LogP contribution in [-0.4, -0.2) is 57.5 Å². The smallest absolute Gasteiger partial charge is 0.414 e. The number of nitrogens with one attached hydrogen (secondary N) is 1. The van der Waals surface area contributed by atoms with Crippen LogP contribution in [0.2, 0.25) is 0 Å². The van der Waals surface area contributed by atoms with Crippen molar-refractivity contribution < 1.29 is 23.5 Å². The Hall–Kier alpha value is -2.35. The summed E-state index contributed by atoms with van der Waals surface area (Å²) >= 11 is 0. The molecule has 1 spiro atoms. The first-order valence-corrected chi connectivity index (χ1v) is 9.31. The minimum Gasteiger partial charge on any atom is -0.442 e. The number of hydrogen-bond donors (Lipinski definition) is 1. The zero-order valence-electron chi connectivity index (χ0n) is 15.4. The molecule has 0 unspecified atom stereocenters. The van der Waals surface area contributed by atoms with Gasteiger partial charge in [-0.05, 0) is 31.0 Å². The topological polar surface area (TPSA) is 71.1 Å². The van der Waals surface area contributed by atoms with E-state index in [9.17, 15) is 14.0 Å². The van der Waals surface area contributed by atoms with Gasteiger partial charge in [0.15, 0.2) is 0 Å². The summed E-state index contributed by atoms with van der Waals surface area (Å²) in [5, 5.41) is 2.63. The van der Waals surface area contributed by atoms with Gasteiger partial charge in [-0.25, -0.2) is 9.18 Å². The standard InChI is InChI=1S/C19H24FN3O4/c1-13(24)21-9-15-10-23(18(25)27-15)14-2-3-17(16(20)8-14)22-6-4-19(5-7-22)11-26-12-19/h2-3,8,15H,4-7,9-12H2,1H3,(H,21,24)/t15-/m0/s1. The molecule has 1 atom stereocenters. The van der Waals surface area contributed by atoms with Crippen molar-refractivity contribution in [1.82, 2.24) is 5.32 Å². The van der Waals surface area contributed by atoms with Crippen LogP contribution in [0.3, 0.4) is 0 Å². The molecule has 27 heavy (non-hydrogen) atoms. The molecule has 1 aromatic carbocycles. The highest BCUT2D eigenvalue weighted by Gasteiger charge is 2.41. The molecule has 3 aliphatic heterocycles. The van der Waals surface area contributed by atoms with Gasteiger partial charge in [-0.3, -0.25) is 9.69 Å². The van der Waals surface area contributed by atoms with Gasteiger partial charge >= 0.3 is 6.09 Å². The van der Waals surface area contributed by atoms with Crippen LogP contribution in [0.25, 0.3) is 0 Å². The number of amides is 2. The zero-order chi connectivity index (χ0) is 19.0. The van der Waals surface area contributed by atoms with Crippen molar-refractivity contribution in [1.29, 1.82) is 0 Å². The Bertz CT molecular complexity index is 742. The number of anilines is 2. The number of carbonyl (C=O) groups is 2. The summed E-state index contributed by atoms with van der Waals surface area (Å²) in [7, 11) is 0. The highest BCUT2D eigenvalue weighted by Crippen LogP contribution is 2.40. The number of halogens is 1. The van der Waals surface area contributed by atoms with E-state index in [0.29, 0.717) is 16.8 Å². The summed E-state index contributed by atoms with van der Waals surface area (Å²) in [4.78, 5) is 26.5. The lowest BCUT2D eigenvalue weighted by molar-refractivity contribution is -0.124. The third-order valence-corrected chi connectivity index (χ3v) is 5.68. The van der Waals surface area contributed by atoms with E-state index < -0.39 is 12.2 Å². The van der Waals surface area contributed by atoms with Crippen molar-refractivity contribution in [3.8, 4) is 0 Å². The van der Waals surface area contributed by atoms with E-state index in [-0.39, 0.29) is 24.8 Å². The van der Waals surface area contributed by atoms with Gasteiger partial charge < -0.3 is 19.7 Å². The van der Waals surface area contributed by atoms with E-state index in [2.05, 4.69) is 10.2 Å². The van der Waals surface area contributed by atoms with Gasteiger partial charge in [0.2, 0.25) is 5.91 Å². The molecule has 1 N–H and O–H groups in total. The third kappa shape index (κ3) is 3.58. The van der Waals surface area contributed by atoms with E-state index in [1.165, 1.54) is 17.9 Å². The lowest BCUT2D eigenvalue weighted by atomic mass is 9.77. The maximum atomic E-state index is 14.8. The Morgan fingerprint density at radius 3 is 2.67 bits per heavy atom. The molecule has 0 aliphatic carbocycles. The number of benzene rings is 1. The van der Waals surface area contributed by atoms with Crippen LogP contribution in [0, 0.1) is 11.2 Å². The van der Waals surface area contributed by atoms with Crippen molar-refractivity contribution in [3.05, 3.63) is 24.0 Å². The average molecular weight is 377 g/mol. The first kappa shape index (κ1) is 18.0. The summed E-state index contributed by atoms with van der Waals surface area (Å²) in [5.74, 6) is -0.525. The normalized spacial score (nSPS) is 23.9. The van der Waals surface area contributed by atoms with E-state index in [1.54, 1.807) is 12.1 Å². The van der Waals surface area contributed by atoms with Crippen molar-refractivity contribution >= 4 is 23.4 Å². The molecule has 0 saturated carbocycles. The van der Waals surface area contributed by atoms with E-state index in [0.717, 1.165) is 39.1 Å². The molecule has 146 valence electrons. The monoisotopic (exact) mass is 377 g/mol. The molecule has 7 nitrogen and oxygen atoms in total. The SMILES string of the molecule is CC(=O)NC[C@H]1CN(c2ccc(N3CCC4(CC3)COC4)c(F)c2)C(=O)O1. The van der Waals surface area contributed by atoms with Crippen LogP contribution >= 0.6 is 0 Å². The third-order valence-electron chi connectivity index (χ3n) is 5.68. The van der Waals surface area contributed by atoms with Crippen LogP contribution in [-0.2, 0) is 14.3 Å². The number of piperidine rings is 1. The zero-order valence-corrected chi connectivity index (χ0v) is 15.4. The second-order valence-corrected chi connectivity index (χ2v) is 7.67. The van der Waals surface area contributed by atoms with Gasteiger partial charge in [0, 0.05) is 25.4 Å². The molecule has 8 heteroatoms. The fourth-order valence-electron chi connectivity index (χ4n) is 3.92. The molecule has 0 bridgehead atoms. The number of carbonyl (C=O) groups excluding carboxylic acids is 2. The molecule has 2 amide bonds. The van der Waals surface area contributed by atoms with E-state index in [4.69, 9.17) is 9.47 Å². The largest absolute Gasteiger partial charge is 0.442 e. The second kappa shape index (κ2) is 6.99. The average Bonchev–Trinajstić information content (AvgIpc) is 2.99. The summed E-state index contributed by atoms with van der Waals surface area (Å²) < 4.78 is 25.3. The first-order valence-electron chi connectivity index (χ1n) is 9.31. The van der Waals surface area contributed by atoms with E-state index in [1.807, 2.05) is 0 Å². The van der Waals surface area contributed by atoms with Gasteiger partial charge in [0.1, 0.15) is 11.9 Å². The van der Waals surface area contributed by atoms with Gasteiger partial charge in [-0.2, -0.15) is 0 Å². The molecule has 1 aromatic rings. The number of rotatable bonds is 4. The Balaban J connectivity index is 1.41. The molecule has 3 aliphatic rings. The molecule has 3 fully saturated rings. The fourth-order valence-corrected chi connectivity index (χ4v) is 3.92. The number of nitrogens with zero attached hydrogens (tertiary/aromatic N) is 2. The molecule has 3 heterocycles. The summed E-state index contributed by atoms with van der Waals surface area (Å²) in [6.45, 7) is 5.19. The van der Waals surface area contributed by atoms with Gasteiger partial charge in [-0.1, -0.05) is 0 Å². The van der Waals surface area contributed by atoms with Gasteiger partial charge in [-0.15, -0.1) is 0 Å². The number of cyclic esters (lactones) is 1. The molecule has 3 saturated heterocycles. The van der Waals surface area contributed by atoms with Crippen molar-refractivity contribution in [3.63, 3.8) is 0 Å². The van der Waals surface area contributed by atoms with Crippen LogP contribution in [0.4, 0.5) is 20.6 Å². The van der Waals surface area contributed by atoms with Crippen LogP contribution < -0.4 is 15.1 Å². The highest BCUT2D eigenvalue weighted by atomic mass is 19.1. The van der Waals surface area contributed by atoms with Crippen molar-refractivity contribution in [2.45, 2.75) is 25.9 Å². The summed E-state index contributed by atoms with van der Waals surface area (Å²) in [5.41, 5.74) is 1.33. The minimum atomic E-state index is -0.526. The van der Waals surface area contributed by atoms with Crippen LogP contribution in [0.1, 0.15) is 19.8 Å². The Morgan fingerprint density at radius 1 is 1.33 bits per heavy atom. The van der Waals surface area contributed by atoms with Crippen molar-refractivity contribution in [2.24, 2.45) is 5.41 Å². The van der Waals surface area contributed by atoms with Gasteiger partial charge in [0.05, 0.1) is 37.7 Å². The van der Waals surface area contributed by atoms with Gasteiger partial charge in [0.25, 0.3) is 0 Å². The maximum absolute atomic E-state index is 14.8. The predicted molar refractivity (Wildman–Crippen MR) is 97.4 cm³/mol. The maximum Gasteiger partial charge on any atom is 0.414 e. The Kier molecular flexibility index (Phi) is 4.67.